The van der Waals surface area contributed by atoms with Gasteiger partial charge in [-0.05, 0) is 31.2 Å². The average Bonchev–Trinajstić information content (AvgIpc) is 2.95. The third-order valence-corrected chi connectivity index (χ3v) is 4.02. The second-order valence-electron chi connectivity index (χ2n) is 5.45. The molecule has 1 aliphatic heterocycles. The largest absolute Gasteiger partial charge is 0.349 e. The van der Waals surface area contributed by atoms with Crippen LogP contribution < -0.4 is 5.32 Å². The van der Waals surface area contributed by atoms with E-state index in [0.29, 0.717) is 0 Å². The second-order valence-corrected chi connectivity index (χ2v) is 5.45. The first-order valence-corrected chi connectivity index (χ1v) is 7.18. The number of benzene rings is 1. The first kappa shape index (κ1) is 14.7. The number of amides is 1. The highest BCUT2D eigenvalue weighted by Crippen LogP contribution is 2.25. The van der Waals surface area contributed by atoms with Gasteiger partial charge in [0, 0.05) is 37.1 Å². The van der Waals surface area contributed by atoms with Crippen molar-refractivity contribution in [3.63, 3.8) is 0 Å². The number of hydrogen-bond acceptors (Lipinski definition) is 2. The van der Waals surface area contributed by atoms with E-state index in [1.54, 1.807) is 0 Å². The Hall–Kier alpha value is -2.21. The van der Waals surface area contributed by atoms with Crippen LogP contribution in [-0.2, 0) is 11.3 Å². The van der Waals surface area contributed by atoms with Crippen molar-refractivity contribution in [2.24, 2.45) is 0 Å². The van der Waals surface area contributed by atoms with E-state index < -0.39 is 11.6 Å². The predicted molar refractivity (Wildman–Crippen MR) is 79.4 cm³/mol. The molecule has 0 fully saturated rings. The molecule has 0 bridgehead atoms. The lowest BCUT2D eigenvalue weighted by molar-refractivity contribution is -0.118. The Morgan fingerprint density at radius 2 is 2.14 bits per heavy atom. The van der Waals surface area contributed by atoms with Gasteiger partial charge in [0.2, 0.25) is 5.91 Å². The minimum atomic E-state index is -0.643. The van der Waals surface area contributed by atoms with Gasteiger partial charge < -0.3 is 9.88 Å². The molecule has 1 aliphatic rings. The summed E-state index contributed by atoms with van der Waals surface area (Å²) < 4.78 is 28.8. The molecule has 1 amide bonds. The van der Waals surface area contributed by atoms with E-state index in [1.165, 1.54) is 0 Å². The maximum Gasteiger partial charge on any atom is 0.238 e. The summed E-state index contributed by atoms with van der Waals surface area (Å²) in [6, 6.07) is 7.12. The van der Waals surface area contributed by atoms with Crippen molar-refractivity contribution < 1.29 is 13.6 Å². The molecule has 3 rings (SSSR count). The van der Waals surface area contributed by atoms with Gasteiger partial charge in [-0.3, -0.25) is 9.69 Å². The van der Waals surface area contributed by atoms with Crippen LogP contribution in [0.4, 0.5) is 14.5 Å². The summed E-state index contributed by atoms with van der Waals surface area (Å²) in [7, 11) is 0. The van der Waals surface area contributed by atoms with Crippen LogP contribution in [0.2, 0.25) is 0 Å². The number of rotatable bonds is 3. The van der Waals surface area contributed by atoms with Crippen molar-refractivity contribution in [1.82, 2.24) is 9.47 Å². The van der Waals surface area contributed by atoms with Crippen molar-refractivity contribution in [2.45, 2.75) is 19.5 Å². The van der Waals surface area contributed by atoms with E-state index in [4.69, 9.17) is 0 Å². The van der Waals surface area contributed by atoms with Crippen LogP contribution in [0.5, 0.6) is 0 Å². The number of carbonyl (C=O) groups excluding carboxylic acids is 1. The molecule has 1 unspecified atom stereocenters. The van der Waals surface area contributed by atoms with E-state index in [-0.39, 0.29) is 24.2 Å². The number of anilines is 1. The van der Waals surface area contributed by atoms with Gasteiger partial charge in [-0.25, -0.2) is 8.78 Å². The minimum Gasteiger partial charge on any atom is -0.349 e. The second kappa shape index (κ2) is 5.88. The van der Waals surface area contributed by atoms with Gasteiger partial charge in [0.15, 0.2) is 0 Å². The zero-order valence-electron chi connectivity index (χ0n) is 12.2. The maximum absolute atomic E-state index is 13.5. The van der Waals surface area contributed by atoms with Crippen LogP contribution in [-0.4, -0.2) is 28.5 Å². The molecule has 1 aromatic heterocycles. The Balaban J connectivity index is 1.66. The number of nitrogens with zero attached hydrogens (tertiary/aromatic N) is 2. The van der Waals surface area contributed by atoms with Crippen molar-refractivity contribution in [2.75, 3.05) is 18.4 Å². The molecule has 116 valence electrons. The molecular formula is C16H17F2N3O. The highest BCUT2D eigenvalue weighted by molar-refractivity contribution is 5.92. The monoisotopic (exact) mass is 305 g/mol. The Morgan fingerprint density at radius 1 is 1.32 bits per heavy atom. The fourth-order valence-electron chi connectivity index (χ4n) is 2.81. The number of fused-ring (bicyclic) bond motifs is 1. The molecule has 0 spiro atoms. The van der Waals surface area contributed by atoms with Gasteiger partial charge >= 0.3 is 0 Å². The van der Waals surface area contributed by atoms with Gasteiger partial charge in [0.25, 0.3) is 0 Å². The predicted octanol–water partition coefficient (Wildman–Crippen LogP) is 2.78. The van der Waals surface area contributed by atoms with Gasteiger partial charge in [-0.1, -0.05) is 0 Å². The summed E-state index contributed by atoms with van der Waals surface area (Å²) in [6.07, 6.45) is 2.02. The number of aromatic nitrogens is 1. The lowest BCUT2D eigenvalue weighted by Crippen LogP contribution is -2.41. The van der Waals surface area contributed by atoms with Gasteiger partial charge in [-0.2, -0.15) is 0 Å². The topological polar surface area (TPSA) is 37.3 Å². The molecule has 22 heavy (non-hydrogen) atoms. The van der Waals surface area contributed by atoms with Crippen LogP contribution >= 0.6 is 0 Å². The first-order valence-electron chi connectivity index (χ1n) is 7.18. The highest BCUT2D eigenvalue weighted by atomic mass is 19.1. The average molecular weight is 305 g/mol. The van der Waals surface area contributed by atoms with Crippen molar-refractivity contribution in [3.8, 4) is 0 Å². The van der Waals surface area contributed by atoms with E-state index in [9.17, 15) is 13.6 Å². The summed E-state index contributed by atoms with van der Waals surface area (Å²) in [6.45, 7) is 3.72. The van der Waals surface area contributed by atoms with Crippen molar-refractivity contribution in [1.29, 1.82) is 0 Å². The van der Waals surface area contributed by atoms with Crippen molar-refractivity contribution >= 4 is 11.6 Å². The smallest absolute Gasteiger partial charge is 0.238 e. The lowest BCUT2D eigenvalue weighted by atomic mass is 10.1. The Bertz CT molecular complexity index is 698. The molecule has 0 radical (unpaired) electrons. The van der Waals surface area contributed by atoms with E-state index in [2.05, 4.69) is 9.88 Å². The summed E-state index contributed by atoms with van der Waals surface area (Å²) in [4.78, 5) is 14.1. The molecule has 0 saturated carbocycles. The summed E-state index contributed by atoms with van der Waals surface area (Å²) in [5, 5.41) is 2.43. The first-order chi connectivity index (χ1) is 10.5. The zero-order valence-corrected chi connectivity index (χ0v) is 12.2. The zero-order chi connectivity index (χ0) is 15.7. The van der Waals surface area contributed by atoms with Gasteiger partial charge in [0.1, 0.15) is 11.6 Å². The lowest BCUT2D eigenvalue weighted by Gasteiger charge is -2.34. The summed E-state index contributed by atoms with van der Waals surface area (Å²) >= 11 is 0. The molecule has 2 heterocycles. The minimum absolute atomic E-state index is 0.104. The molecule has 1 N–H and O–H groups in total. The molecule has 6 heteroatoms. The molecule has 1 atom stereocenters. The third-order valence-electron chi connectivity index (χ3n) is 4.02. The molecular weight excluding hydrogens is 288 g/mol. The van der Waals surface area contributed by atoms with Crippen LogP contribution in [0, 0.1) is 11.6 Å². The Kier molecular flexibility index (Phi) is 3.94. The number of hydrogen-bond donors (Lipinski definition) is 1. The fourth-order valence-corrected chi connectivity index (χ4v) is 2.81. The Labute approximate surface area is 127 Å². The quantitative estimate of drug-likeness (QED) is 0.947. The summed E-state index contributed by atoms with van der Waals surface area (Å²) in [5.41, 5.74) is 1.02. The van der Waals surface area contributed by atoms with Gasteiger partial charge in [-0.15, -0.1) is 0 Å². The van der Waals surface area contributed by atoms with Crippen LogP contribution in [0.3, 0.4) is 0 Å². The number of nitrogens with one attached hydrogen (secondary N) is 1. The van der Waals surface area contributed by atoms with E-state index >= 15 is 0 Å². The molecule has 2 aromatic rings. The number of carbonyl (C=O) groups is 1. The normalized spacial score (nSPS) is 18.0. The van der Waals surface area contributed by atoms with Crippen molar-refractivity contribution in [3.05, 3.63) is 53.9 Å². The van der Waals surface area contributed by atoms with E-state index in [0.717, 1.165) is 37.0 Å². The third kappa shape index (κ3) is 2.87. The maximum atomic E-state index is 13.5. The number of halogens is 2. The highest BCUT2D eigenvalue weighted by Gasteiger charge is 2.25. The van der Waals surface area contributed by atoms with Crippen LogP contribution in [0.1, 0.15) is 18.7 Å². The Morgan fingerprint density at radius 3 is 2.95 bits per heavy atom. The van der Waals surface area contributed by atoms with Crippen LogP contribution in [0.25, 0.3) is 0 Å². The van der Waals surface area contributed by atoms with Crippen LogP contribution in [0.15, 0.2) is 36.5 Å². The molecule has 1 aromatic carbocycles. The fraction of sp³-hybridized carbons (Fsp3) is 0.312. The molecule has 0 aliphatic carbocycles. The molecule has 4 nitrogen and oxygen atoms in total. The summed E-state index contributed by atoms with van der Waals surface area (Å²) in [5.74, 6) is -1.58. The van der Waals surface area contributed by atoms with E-state index in [1.807, 2.05) is 30.2 Å². The molecule has 0 saturated heterocycles. The standard InChI is InChI=1S/C16H17F2N3O/c1-11-15-3-2-6-20(15)7-8-21(11)10-16(22)19-14-9-12(17)4-5-13(14)18/h2-6,9,11H,7-8,10H2,1H3,(H,19,22). The SMILES string of the molecule is CC1c2cccn2CCN1CC(=O)Nc1cc(F)ccc1F. The van der Waals surface area contributed by atoms with Gasteiger partial charge in [0.05, 0.1) is 12.2 Å².